The van der Waals surface area contributed by atoms with E-state index in [0.717, 1.165) is 33.8 Å². The number of nitrogens with one attached hydrogen (secondary N) is 1. The lowest BCUT2D eigenvalue weighted by Crippen LogP contribution is -2.38. The van der Waals surface area contributed by atoms with Gasteiger partial charge < -0.3 is 5.32 Å². The predicted octanol–water partition coefficient (Wildman–Crippen LogP) is 3.13. The van der Waals surface area contributed by atoms with Gasteiger partial charge in [0.1, 0.15) is 6.04 Å². The Balaban J connectivity index is 2.44. The topological polar surface area (TPSA) is 66.5 Å². The minimum Gasteiger partial charge on any atom is -0.324 e. The molecular formula is C19H24N2O3S. The Labute approximate surface area is 149 Å². The minimum absolute atomic E-state index is 0.372. The van der Waals surface area contributed by atoms with Crippen LogP contribution < -0.4 is 5.32 Å². The first-order valence-corrected chi connectivity index (χ1v) is 9.97. The first-order chi connectivity index (χ1) is 11.8. The van der Waals surface area contributed by atoms with E-state index in [-0.39, 0.29) is 5.91 Å². The molecule has 0 radical (unpaired) electrons. The van der Waals surface area contributed by atoms with E-state index in [1.807, 2.05) is 38.1 Å². The lowest BCUT2D eigenvalue weighted by molar-refractivity contribution is -0.119. The van der Waals surface area contributed by atoms with Crippen molar-refractivity contribution in [3.63, 3.8) is 0 Å². The molecule has 2 aromatic carbocycles. The predicted molar refractivity (Wildman–Crippen MR) is 101 cm³/mol. The van der Waals surface area contributed by atoms with Gasteiger partial charge in [-0.2, -0.15) is 4.31 Å². The van der Waals surface area contributed by atoms with Gasteiger partial charge in [0.2, 0.25) is 15.9 Å². The van der Waals surface area contributed by atoms with Crippen molar-refractivity contribution in [2.24, 2.45) is 0 Å². The van der Waals surface area contributed by atoms with Gasteiger partial charge in [0.05, 0.1) is 6.26 Å². The molecule has 0 saturated heterocycles. The molecule has 134 valence electrons. The van der Waals surface area contributed by atoms with Gasteiger partial charge in [0.15, 0.2) is 0 Å². The van der Waals surface area contributed by atoms with Crippen LogP contribution in [0.25, 0.3) is 0 Å². The number of carbonyl (C=O) groups is 1. The van der Waals surface area contributed by atoms with Crippen molar-refractivity contribution in [3.8, 4) is 0 Å². The fourth-order valence-electron chi connectivity index (χ4n) is 2.75. The van der Waals surface area contributed by atoms with Crippen LogP contribution in [-0.4, -0.2) is 31.9 Å². The second kappa shape index (κ2) is 7.80. The van der Waals surface area contributed by atoms with Crippen LogP contribution in [0.2, 0.25) is 0 Å². The van der Waals surface area contributed by atoms with Crippen molar-refractivity contribution in [1.82, 2.24) is 4.31 Å². The molecule has 0 saturated carbocycles. The SMILES string of the molecule is CCc1cccc(C)c1NC(=O)C(c1ccccc1)N(C)S(C)(=O)=O. The summed E-state index contributed by atoms with van der Waals surface area (Å²) in [4.78, 5) is 13.0. The number of para-hydroxylation sites is 1. The van der Waals surface area contributed by atoms with E-state index < -0.39 is 16.1 Å². The van der Waals surface area contributed by atoms with Crippen LogP contribution in [-0.2, 0) is 21.2 Å². The number of benzene rings is 2. The Morgan fingerprint density at radius 3 is 2.32 bits per heavy atom. The van der Waals surface area contributed by atoms with Gasteiger partial charge in [-0.25, -0.2) is 8.42 Å². The van der Waals surface area contributed by atoms with Gasteiger partial charge in [-0.3, -0.25) is 4.79 Å². The number of sulfonamides is 1. The monoisotopic (exact) mass is 360 g/mol. The highest BCUT2D eigenvalue weighted by atomic mass is 32.2. The Morgan fingerprint density at radius 1 is 1.12 bits per heavy atom. The van der Waals surface area contributed by atoms with Crippen molar-refractivity contribution < 1.29 is 13.2 Å². The molecule has 5 nitrogen and oxygen atoms in total. The Hall–Kier alpha value is -2.18. The summed E-state index contributed by atoms with van der Waals surface area (Å²) < 4.78 is 25.2. The smallest absolute Gasteiger partial charge is 0.247 e. The molecule has 2 rings (SSSR count). The van der Waals surface area contributed by atoms with Crippen molar-refractivity contribution >= 4 is 21.6 Å². The van der Waals surface area contributed by atoms with E-state index in [1.54, 1.807) is 24.3 Å². The summed E-state index contributed by atoms with van der Waals surface area (Å²) in [5.74, 6) is -0.372. The van der Waals surface area contributed by atoms with Crippen LogP contribution in [0.5, 0.6) is 0 Å². The van der Waals surface area contributed by atoms with Crippen LogP contribution in [0.3, 0.4) is 0 Å². The molecule has 1 atom stereocenters. The third-order valence-electron chi connectivity index (χ3n) is 4.24. The van der Waals surface area contributed by atoms with E-state index >= 15 is 0 Å². The van der Waals surface area contributed by atoms with Gasteiger partial charge in [-0.1, -0.05) is 55.5 Å². The van der Waals surface area contributed by atoms with E-state index in [0.29, 0.717) is 5.56 Å². The zero-order valence-electron chi connectivity index (χ0n) is 15.0. The number of anilines is 1. The van der Waals surface area contributed by atoms with Crippen LogP contribution in [0, 0.1) is 6.92 Å². The molecule has 0 spiro atoms. The molecule has 0 aliphatic carbocycles. The molecule has 0 aliphatic heterocycles. The molecule has 25 heavy (non-hydrogen) atoms. The highest BCUT2D eigenvalue weighted by Gasteiger charge is 2.31. The molecule has 6 heteroatoms. The molecule has 0 bridgehead atoms. The maximum Gasteiger partial charge on any atom is 0.247 e. The highest BCUT2D eigenvalue weighted by molar-refractivity contribution is 7.88. The fraction of sp³-hybridized carbons (Fsp3) is 0.316. The summed E-state index contributed by atoms with van der Waals surface area (Å²) in [6.45, 7) is 3.94. The number of aryl methyl sites for hydroxylation is 2. The van der Waals surface area contributed by atoms with Gasteiger partial charge in [0, 0.05) is 12.7 Å². The third kappa shape index (κ3) is 4.46. The summed E-state index contributed by atoms with van der Waals surface area (Å²) in [5.41, 5.74) is 3.33. The normalized spacial score (nSPS) is 12.8. The molecular weight excluding hydrogens is 336 g/mol. The number of hydrogen-bond acceptors (Lipinski definition) is 3. The van der Waals surface area contributed by atoms with Crippen molar-refractivity contribution in [2.75, 3.05) is 18.6 Å². The molecule has 0 aliphatic rings. The maximum absolute atomic E-state index is 13.0. The number of likely N-dealkylation sites (N-methyl/N-ethyl adjacent to an activating group) is 1. The van der Waals surface area contributed by atoms with Crippen LogP contribution in [0.15, 0.2) is 48.5 Å². The first-order valence-electron chi connectivity index (χ1n) is 8.13. The number of amides is 1. The molecule has 1 amide bonds. The molecule has 0 aromatic heterocycles. The quantitative estimate of drug-likeness (QED) is 0.861. The van der Waals surface area contributed by atoms with E-state index in [2.05, 4.69) is 5.32 Å². The third-order valence-corrected chi connectivity index (χ3v) is 5.50. The largest absolute Gasteiger partial charge is 0.324 e. The molecule has 0 heterocycles. The maximum atomic E-state index is 13.0. The minimum atomic E-state index is -3.54. The highest BCUT2D eigenvalue weighted by Crippen LogP contribution is 2.26. The van der Waals surface area contributed by atoms with Crippen molar-refractivity contribution in [1.29, 1.82) is 0 Å². The van der Waals surface area contributed by atoms with Gasteiger partial charge >= 0.3 is 0 Å². The number of rotatable bonds is 6. The van der Waals surface area contributed by atoms with Gasteiger partial charge in [-0.05, 0) is 30.0 Å². The average Bonchev–Trinajstić information content (AvgIpc) is 2.57. The second-order valence-corrected chi connectivity index (χ2v) is 8.09. The first kappa shape index (κ1) is 19.1. The average molecular weight is 360 g/mol. The summed E-state index contributed by atoms with van der Waals surface area (Å²) in [6, 6.07) is 13.8. The zero-order valence-corrected chi connectivity index (χ0v) is 15.8. The number of carbonyl (C=O) groups excluding carboxylic acids is 1. The summed E-state index contributed by atoms with van der Waals surface area (Å²) in [7, 11) is -2.12. The van der Waals surface area contributed by atoms with E-state index in [1.165, 1.54) is 7.05 Å². The van der Waals surface area contributed by atoms with Crippen LogP contribution in [0.1, 0.15) is 29.7 Å². The molecule has 0 fully saturated rings. The van der Waals surface area contributed by atoms with Crippen LogP contribution >= 0.6 is 0 Å². The Kier molecular flexibility index (Phi) is 5.98. The number of nitrogens with zero attached hydrogens (tertiary/aromatic N) is 1. The van der Waals surface area contributed by atoms with Crippen LogP contribution in [0.4, 0.5) is 5.69 Å². The summed E-state index contributed by atoms with van der Waals surface area (Å²) >= 11 is 0. The lowest BCUT2D eigenvalue weighted by atomic mass is 10.0. The fourth-order valence-corrected chi connectivity index (χ4v) is 3.35. The van der Waals surface area contributed by atoms with E-state index in [4.69, 9.17) is 0 Å². The molecule has 1 unspecified atom stereocenters. The van der Waals surface area contributed by atoms with Crippen molar-refractivity contribution in [3.05, 3.63) is 65.2 Å². The summed E-state index contributed by atoms with van der Waals surface area (Å²) in [5, 5.41) is 2.94. The lowest BCUT2D eigenvalue weighted by Gasteiger charge is -2.26. The summed E-state index contributed by atoms with van der Waals surface area (Å²) in [6.07, 6.45) is 1.87. The number of hydrogen-bond donors (Lipinski definition) is 1. The van der Waals surface area contributed by atoms with E-state index in [9.17, 15) is 13.2 Å². The Morgan fingerprint density at radius 2 is 1.76 bits per heavy atom. The zero-order chi connectivity index (χ0) is 18.6. The molecule has 2 aromatic rings. The standard InChI is InChI=1S/C19H24N2O3S/c1-5-15-13-9-10-14(2)17(15)20-19(22)18(21(3)25(4,23)24)16-11-7-6-8-12-16/h6-13,18H,5H2,1-4H3,(H,20,22). The second-order valence-electron chi connectivity index (χ2n) is 6.04. The molecule has 1 N–H and O–H groups in total. The van der Waals surface area contributed by atoms with Crippen molar-refractivity contribution in [2.45, 2.75) is 26.3 Å². The van der Waals surface area contributed by atoms with Gasteiger partial charge in [0.25, 0.3) is 0 Å². The van der Waals surface area contributed by atoms with Gasteiger partial charge in [-0.15, -0.1) is 0 Å². The Bertz CT molecular complexity index is 848.